The molecule has 22 heavy (non-hydrogen) atoms. The Morgan fingerprint density at radius 2 is 1.45 bits per heavy atom. The molecule has 114 valence electrons. The molecule has 0 aliphatic carbocycles. The monoisotopic (exact) mass is 294 g/mol. The van der Waals surface area contributed by atoms with Gasteiger partial charge < -0.3 is 4.74 Å². The second kappa shape index (κ2) is 7.06. The molecule has 0 atom stereocenters. The average molecular weight is 294 g/mol. The van der Waals surface area contributed by atoms with Crippen LogP contribution in [-0.2, 0) is 0 Å². The summed E-state index contributed by atoms with van der Waals surface area (Å²) in [5.41, 5.74) is 3.01. The summed E-state index contributed by atoms with van der Waals surface area (Å²) in [6.45, 7) is 8.48. The molecule has 0 fully saturated rings. The van der Waals surface area contributed by atoms with Gasteiger partial charge in [-0.05, 0) is 47.2 Å². The number of aliphatic imine (C=N–C) groups is 1. The quantitative estimate of drug-likeness (QED) is 0.664. The van der Waals surface area contributed by atoms with Crippen molar-refractivity contribution in [3.8, 4) is 11.5 Å². The lowest BCUT2D eigenvalue weighted by atomic mass is 9.92. The number of hydrogen-bond acceptors (Lipinski definition) is 3. The van der Waals surface area contributed by atoms with Gasteiger partial charge in [0.2, 0.25) is 0 Å². The Kier molecular flexibility index (Phi) is 5.13. The summed E-state index contributed by atoms with van der Waals surface area (Å²) in [6, 6.07) is 16.0. The van der Waals surface area contributed by atoms with Gasteiger partial charge in [0.1, 0.15) is 11.5 Å². The molecule has 0 aliphatic rings. The maximum Gasteiger partial charge on any atom is 0.128 e. The Labute approximate surface area is 132 Å². The fourth-order valence-electron chi connectivity index (χ4n) is 2.40. The van der Waals surface area contributed by atoms with E-state index in [1.54, 1.807) is 0 Å². The van der Waals surface area contributed by atoms with Crippen LogP contribution in [0.4, 0.5) is 5.69 Å². The molecule has 0 aliphatic heterocycles. The van der Waals surface area contributed by atoms with E-state index in [9.17, 15) is 0 Å². The summed E-state index contributed by atoms with van der Waals surface area (Å²) in [5.74, 6) is 2.21. The van der Waals surface area contributed by atoms with Crippen molar-refractivity contribution >= 4 is 11.7 Å². The molecule has 0 aromatic heterocycles. The maximum absolute atomic E-state index is 7.20. The SMILES string of the molecule is CC(C)c1cc(Oc2ccccc2)cc(C(C)C)c1N=C=N. The van der Waals surface area contributed by atoms with Gasteiger partial charge in [0.15, 0.2) is 0 Å². The lowest BCUT2D eigenvalue weighted by molar-refractivity contribution is 0.480. The first-order valence-electron chi connectivity index (χ1n) is 7.56. The highest BCUT2D eigenvalue weighted by Gasteiger charge is 2.16. The van der Waals surface area contributed by atoms with E-state index in [4.69, 9.17) is 10.1 Å². The molecule has 0 bridgehead atoms. The third-order valence-electron chi connectivity index (χ3n) is 3.53. The Bertz CT molecular complexity index is 655. The van der Waals surface area contributed by atoms with Gasteiger partial charge in [0.05, 0.1) is 11.7 Å². The normalized spacial score (nSPS) is 10.6. The Balaban J connectivity index is 2.54. The van der Waals surface area contributed by atoms with Crippen molar-refractivity contribution in [3.05, 3.63) is 53.6 Å². The van der Waals surface area contributed by atoms with Crippen molar-refractivity contribution < 1.29 is 4.74 Å². The molecular formula is C19H22N2O. The topological polar surface area (TPSA) is 45.4 Å². The number of nitrogens with zero attached hydrogens (tertiary/aromatic N) is 1. The van der Waals surface area contributed by atoms with Gasteiger partial charge in [0.25, 0.3) is 0 Å². The average Bonchev–Trinajstić information content (AvgIpc) is 2.49. The van der Waals surface area contributed by atoms with Crippen LogP contribution >= 0.6 is 0 Å². The standard InChI is InChI=1S/C19H22N2O/c1-13(2)17-10-16(22-15-8-6-5-7-9-15)11-18(14(3)4)19(17)21-12-20/h5-11,13-14,20H,1-4H3. The predicted molar refractivity (Wildman–Crippen MR) is 91.0 cm³/mol. The highest BCUT2D eigenvalue weighted by molar-refractivity contribution is 5.63. The van der Waals surface area contributed by atoms with Crippen molar-refractivity contribution in [1.29, 1.82) is 5.41 Å². The van der Waals surface area contributed by atoms with Crippen LogP contribution in [0.3, 0.4) is 0 Å². The van der Waals surface area contributed by atoms with Crippen LogP contribution in [0.5, 0.6) is 11.5 Å². The molecule has 0 unspecified atom stereocenters. The second-order valence-corrected chi connectivity index (χ2v) is 5.90. The van der Waals surface area contributed by atoms with Crippen LogP contribution in [0.15, 0.2) is 47.5 Å². The largest absolute Gasteiger partial charge is 0.457 e. The minimum atomic E-state index is 0.295. The van der Waals surface area contributed by atoms with E-state index >= 15 is 0 Å². The zero-order valence-corrected chi connectivity index (χ0v) is 13.6. The van der Waals surface area contributed by atoms with Crippen molar-refractivity contribution in [3.63, 3.8) is 0 Å². The van der Waals surface area contributed by atoms with Gasteiger partial charge in [-0.2, -0.15) is 4.99 Å². The van der Waals surface area contributed by atoms with Crippen LogP contribution in [0.1, 0.15) is 50.7 Å². The number of rotatable bonds is 5. The summed E-state index contributed by atoms with van der Waals surface area (Å²) in [5, 5.41) is 7.20. The van der Waals surface area contributed by atoms with E-state index in [1.807, 2.05) is 42.5 Å². The lowest BCUT2D eigenvalue weighted by Crippen LogP contribution is -1.97. The zero-order chi connectivity index (χ0) is 16.1. The van der Waals surface area contributed by atoms with Crippen molar-refractivity contribution in [2.75, 3.05) is 0 Å². The van der Waals surface area contributed by atoms with E-state index in [0.717, 1.165) is 28.3 Å². The van der Waals surface area contributed by atoms with Gasteiger partial charge in [0, 0.05) is 0 Å². The molecule has 2 aromatic carbocycles. The maximum atomic E-state index is 7.20. The molecule has 1 N–H and O–H groups in total. The Hall–Kier alpha value is -2.38. The Morgan fingerprint density at radius 3 is 1.91 bits per heavy atom. The molecular weight excluding hydrogens is 272 g/mol. The third kappa shape index (κ3) is 3.63. The second-order valence-electron chi connectivity index (χ2n) is 5.90. The third-order valence-corrected chi connectivity index (χ3v) is 3.53. The fourth-order valence-corrected chi connectivity index (χ4v) is 2.40. The van der Waals surface area contributed by atoms with Gasteiger partial charge in [-0.15, -0.1) is 0 Å². The Morgan fingerprint density at radius 1 is 0.909 bits per heavy atom. The molecule has 0 spiro atoms. The van der Waals surface area contributed by atoms with Gasteiger partial charge in [-0.25, -0.2) is 5.41 Å². The van der Waals surface area contributed by atoms with Crippen molar-refractivity contribution in [2.45, 2.75) is 39.5 Å². The van der Waals surface area contributed by atoms with Crippen LogP contribution in [0.2, 0.25) is 0 Å². The minimum Gasteiger partial charge on any atom is -0.457 e. The first-order valence-corrected chi connectivity index (χ1v) is 7.56. The van der Waals surface area contributed by atoms with E-state index in [1.165, 1.54) is 0 Å². The molecule has 0 radical (unpaired) electrons. The zero-order valence-electron chi connectivity index (χ0n) is 13.6. The van der Waals surface area contributed by atoms with E-state index in [-0.39, 0.29) is 0 Å². The summed E-state index contributed by atoms with van der Waals surface area (Å²) in [7, 11) is 0. The van der Waals surface area contributed by atoms with E-state index in [0.29, 0.717) is 11.8 Å². The molecule has 2 aromatic rings. The smallest absolute Gasteiger partial charge is 0.128 e. The number of nitrogens with one attached hydrogen (secondary N) is 1. The molecule has 3 heteroatoms. The van der Waals surface area contributed by atoms with Gasteiger partial charge in [-0.1, -0.05) is 45.9 Å². The van der Waals surface area contributed by atoms with Crippen LogP contribution in [0, 0.1) is 5.41 Å². The summed E-state index contributed by atoms with van der Waals surface area (Å²) in [4.78, 5) is 4.16. The molecule has 2 rings (SSSR count). The first kappa shape index (κ1) is 16.0. The summed E-state index contributed by atoms with van der Waals surface area (Å²) < 4.78 is 5.98. The molecule has 3 nitrogen and oxygen atoms in total. The number of benzene rings is 2. The molecule has 0 saturated carbocycles. The first-order chi connectivity index (χ1) is 10.5. The number of hydrogen-bond donors (Lipinski definition) is 1. The van der Waals surface area contributed by atoms with Crippen molar-refractivity contribution in [2.24, 2.45) is 4.99 Å². The van der Waals surface area contributed by atoms with E-state index in [2.05, 4.69) is 38.7 Å². The molecule has 0 amide bonds. The predicted octanol–water partition coefficient (Wildman–Crippen LogP) is 6.11. The summed E-state index contributed by atoms with van der Waals surface area (Å²) >= 11 is 0. The van der Waals surface area contributed by atoms with Gasteiger partial charge >= 0.3 is 0 Å². The van der Waals surface area contributed by atoms with Crippen LogP contribution in [-0.4, -0.2) is 6.01 Å². The van der Waals surface area contributed by atoms with Gasteiger partial charge in [-0.3, -0.25) is 0 Å². The highest BCUT2D eigenvalue weighted by atomic mass is 16.5. The fraction of sp³-hybridized carbons (Fsp3) is 0.316. The summed E-state index contributed by atoms with van der Waals surface area (Å²) in [6.07, 6.45) is 0. The lowest BCUT2D eigenvalue weighted by Gasteiger charge is -2.18. The van der Waals surface area contributed by atoms with Crippen LogP contribution < -0.4 is 4.74 Å². The van der Waals surface area contributed by atoms with Crippen LogP contribution in [0.25, 0.3) is 0 Å². The van der Waals surface area contributed by atoms with E-state index < -0.39 is 0 Å². The number of para-hydroxylation sites is 1. The molecule has 0 saturated heterocycles. The minimum absolute atomic E-state index is 0.295. The number of ether oxygens (including phenoxy) is 1. The molecule has 0 heterocycles. The van der Waals surface area contributed by atoms with Crippen molar-refractivity contribution in [1.82, 2.24) is 0 Å². The highest BCUT2D eigenvalue weighted by Crippen LogP contribution is 2.39.